The Morgan fingerprint density at radius 1 is 0.393 bits per heavy atom. The Hall–Kier alpha value is -7.14. The second kappa shape index (κ2) is 11.2. The van der Waals surface area contributed by atoms with Crippen LogP contribution in [-0.4, -0.2) is 8.80 Å². The highest BCUT2D eigenvalue weighted by Crippen LogP contribution is 2.48. The molecule has 13 rings (SSSR count). The Morgan fingerprint density at radius 2 is 1.02 bits per heavy atom. The summed E-state index contributed by atoms with van der Waals surface area (Å²) < 4.78 is 7.53. The lowest BCUT2D eigenvalue weighted by Gasteiger charge is -2.27. The van der Waals surface area contributed by atoms with Gasteiger partial charge in [-0.15, -0.1) is 11.3 Å². The molecule has 260 valence electrons. The molecule has 0 N–H and O–H groups in total. The van der Waals surface area contributed by atoms with Gasteiger partial charge in [-0.05, 0) is 87.9 Å². The SMILES string of the molecule is c1ccc2c(-c3ccc(N(c4cccc5cc6c7c8ccccc8n8c9ccccc9n(c6cc45)c78)c4cccc5c4sc4ccccc45)cc3)cccc2c1. The topological polar surface area (TPSA) is 12.1 Å². The summed E-state index contributed by atoms with van der Waals surface area (Å²) in [5, 5.41) is 11.4. The van der Waals surface area contributed by atoms with Crippen molar-refractivity contribution in [2.45, 2.75) is 0 Å². The molecule has 0 radical (unpaired) electrons. The van der Waals surface area contributed by atoms with Crippen LogP contribution in [0.5, 0.6) is 0 Å². The lowest BCUT2D eigenvalue weighted by atomic mass is 9.98. The zero-order chi connectivity index (χ0) is 36.5. The first-order chi connectivity index (χ1) is 27.8. The number of hydrogen-bond acceptors (Lipinski definition) is 2. The number of imidazole rings is 1. The fourth-order valence-electron chi connectivity index (χ4n) is 9.61. The van der Waals surface area contributed by atoms with E-state index in [1.54, 1.807) is 0 Å². The second-order valence-electron chi connectivity index (χ2n) is 14.9. The third-order valence-corrected chi connectivity index (χ3v) is 13.2. The molecule has 0 atom stereocenters. The fraction of sp³-hybridized carbons (Fsp3) is 0. The van der Waals surface area contributed by atoms with Gasteiger partial charge in [-0.1, -0.05) is 127 Å². The highest BCUT2D eigenvalue weighted by atomic mass is 32.1. The van der Waals surface area contributed by atoms with Crippen molar-refractivity contribution < 1.29 is 0 Å². The summed E-state index contributed by atoms with van der Waals surface area (Å²) in [7, 11) is 0. The molecular weight excluding hydrogens is 699 g/mol. The van der Waals surface area contributed by atoms with Gasteiger partial charge in [0.05, 0.1) is 38.1 Å². The molecule has 4 heteroatoms. The predicted molar refractivity (Wildman–Crippen MR) is 240 cm³/mol. The largest absolute Gasteiger partial charge is 0.308 e. The van der Waals surface area contributed by atoms with E-state index in [9.17, 15) is 0 Å². The molecule has 0 amide bonds. The molecule has 0 saturated carbocycles. The Morgan fingerprint density at radius 3 is 1.88 bits per heavy atom. The minimum atomic E-state index is 1.12. The van der Waals surface area contributed by atoms with Crippen molar-refractivity contribution in [2.75, 3.05) is 4.90 Å². The standard InChI is InChI=1S/C52H31N3S/c1-2-15-36-32(12-1)13-9-18-37(36)33-26-28-35(29-27-33)53(47-24-11-19-39-38-16-4-8-25-49(38)56-51(39)47)44-23-10-14-34-30-42-48(31-41(34)44)55-46-22-7-6-21-45(46)54-43-20-5-3-17-40(43)50(42)52(54)55/h1-31H. The molecule has 0 spiro atoms. The van der Waals surface area contributed by atoms with Crippen molar-refractivity contribution in [3.05, 3.63) is 188 Å². The minimum Gasteiger partial charge on any atom is -0.308 e. The van der Waals surface area contributed by atoms with Crippen LogP contribution in [0.25, 0.3) is 96.7 Å². The maximum Gasteiger partial charge on any atom is 0.131 e. The molecule has 0 aliphatic heterocycles. The fourth-order valence-corrected chi connectivity index (χ4v) is 10.8. The van der Waals surface area contributed by atoms with Crippen LogP contribution in [0.1, 0.15) is 0 Å². The maximum absolute atomic E-state index is 2.49. The van der Waals surface area contributed by atoms with Crippen LogP contribution in [0, 0.1) is 0 Å². The molecule has 0 aliphatic carbocycles. The Kier molecular flexibility index (Phi) is 6.04. The molecular formula is C52H31N3S. The monoisotopic (exact) mass is 729 g/mol. The molecule has 0 fully saturated rings. The van der Waals surface area contributed by atoms with Crippen molar-refractivity contribution in [3.8, 4) is 11.1 Å². The number of aromatic nitrogens is 2. The van der Waals surface area contributed by atoms with Crippen molar-refractivity contribution in [1.29, 1.82) is 0 Å². The van der Waals surface area contributed by atoms with E-state index >= 15 is 0 Å². The van der Waals surface area contributed by atoms with Crippen LogP contribution in [-0.2, 0) is 0 Å². The van der Waals surface area contributed by atoms with Crippen molar-refractivity contribution >= 4 is 114 Å². The zero-order valence-electron chi connectivity index (χ0n) is 30.1. The summed E-state index contributed by atoms with van der Waals surface area (Å²) >= 11 is 1.88. The molecule has 3 nitrogen and oxygen atoms in total. The smallest absolute Gasteiger partial charge is 0.131 e. The van der Waals surface area contributed by atoms with E-state index in [-0.39, 0.29) is 0 Å². The number of benzene rings is 9. The van der Waals surface area contributed by atoms with Gasteiger partial charge in [0.2, 0.25) is 0 Å². The normalized spacial score (nSPS) is 12.3. The first kappa shape index (κ1) is 30.2. The Labute approximate surface area is 325 Å². The summed E-state index contributed by atoms with van der Waals surface area (Å²) in [4.78, 5) is 2.49. The summed E-state index contributed by atoms with van der Waals surface area (Å²) in [6, 6.07) is 69.4. The minimum absolute atomic E-state index is 1.12. The number of fused-ring (bicyclic) bond motifs is 14. The second-order valence-corrected chi connectivity index (χ2v) is 16.0. The van der Waals surface area contributed by atoms with Crippen LogP contribution in [0.2, 0.25) is 0 Å². The average Bonchev–Trinajstić information content (AvgIpc) is 3.99. The van der Waals surface area contributed by atoms with Crippen molar-refractivity contribution in [3.63, 3.8) is 0 Å². The first-order valence-electron chi connectivity index (χ1n) is 19.2. The number of nitrogens with zero attached hydrogens (tertiary/aromatic N) is 3. The number of hydrogen-bond donors (Lipinski definition) is 0. The quantitative estimate of drug-likeness (QED) is 0.176. The van der Waals surface area contributed by atoms with Gasteiger partial charge in [0.25, 0.3) is 0 Å². The van der Waals surface area contributed by atoms with E-state index in [0.29, 0.717) is 0 Å². The van der Waals surface area contributed by atoms with Gasteiger partial charge in [0.1, 0.15) is 5.65 Å². The van der Waals surface area contributed by atoms with Crippen LogP contribution in [0.3, 0.4) is 0 Å². The molecule has 0 aliphatic rings. The van der Waals surface area contributed by atoms with Crippen molar-refractivity contribution in [2.24, 2.45) is 0 Å². The summed E-state index contributed by atoms with van der Waals surface area (Å²) in [6.45, 7) is 0. The Balaban J connectivity index is 1.10. The van der Waals surface area contributed by atoms with E-state index in [2.05, 4.69) is 202 Å². The molecule has 0 saturated heterocycles. The van der Waals surface area contributed by atoms with Gasteiger partial charge in [-0.3, -0.25) is 8.80 Å². The van der Waals surface area contributed by atoms with E-state index < -0.39 is 0 Å². The van der Waals surface area contributed by atoms with Crippen molar-refractivity contribution in [1.82, 2.24) is 8.80 Å². The maximum atomic E-state index is 2.49. The highest BCUT2D eigenvalue weighted by molar-refractivity contribution is 7.26. The van der Waals surface area contributed by atoms with E-state index in [0.717, 1.165) is 11.4 Å². The van der Waals surface area contributed by atoms with Gasteiger partial charge in [-0.2, -0.15) is 0 Å². The lowest BCUT2D eigenvalue weighted by molar-refractivity contribution is 1.28. The summed E-state index contributed by atoms with van der Waals surface area (Å²) in [6.07, 6.45) is 0. The van der Waals surface area contributed by atoms with Gasteiger partial charge >= 0.3 is 0 Å². The third kappa shape index (κ3) is 4.01. The first-order valence-corrected chi connectivity index (χ1v) is 20.0. The third-order valence-electron chi connectivity index (χ3n) is 12.0. The van der Waals surface area contributed by atoms with Crippen LogP contribution in [0.15, 0.2) is 188 Å². The molecule has 4 aromatic heterocycles. The van der Waals surface area contributed by atoms with E-state index in [4.69, 9.17) is 0 Å². The number of anilines is 3. The van der Waals surface area contributed by atoms with Gasteiger partial charge < -0.3 is 4.90 Å². The van der Waals surface area contributed by atoms with Crippen LogP contribution in [0.4, 0.5) is 17.1 Å². The van der Waals surface area contributed by atoms with Gasteiger partial charge in [0.15, 0.2) is 0 Å². The van der Waals surface area contributed by atoms with Gasteiger partial charge in [-0.25, -0.2) is 0 Å². The number of thiophene rings is 1. The lowest BCUT2D eigenvalue weighted by Crippen LogP contribution is -2.10. The average molecular weight is 730 g/mol. The number of para-hydroxylation sites is 3. The van der Waals surface area contributed by atoms with Crippen LogP contribution < -0.4 is 4.90 Å². The zero-order valence-corrected chi connectivity index (χ0v) is 31.0. The predicted octanol–water partition coefficient (Wildman–Crippen LogP) is 14.9. The molecule has 4 heterocycles. The van der Waals surface area contributed by atoms with Crippen LogP contribution >= 0.6 is 11.3 Å². The molecule has 56 heavy (non-hydrogen) atoms. The molecule has 13 aromatic rings. The van der Waals surface area contributed by atoms with E-state index in [1.807, 2.05) is 11.3 Å². The summed E-state index contributed by atoms with van der Waals surface area (Å²) in [5.74, 6) is 0. The number of rotatable bonds is 4. The highest BCUT2D eigenvalue weighted by Gasteiger charge is 2.25. The summed E-state index contributed by atoms with van der Waals surface area (Å²) in [5.41, 5.74) is 12.1. The Bertz CT molecular complexity index is 3710. The van der Waals surface area contributed by atoms with E-state index in [1.165, 1.54) is 102 Å². The molecule has 9 aromatic carbocycles. The van der Waals surface area contributed by atoms with Gasteiger partial charge in [0, 0.05) is 42.7 Å². The molecule has 0 bridgehead atoms. The molecule has 0 unspecified atom stereocenters.